The quantitative estimate of drug-likeness (QED) is 0.170. The van der Waals surface area contributed by atoms with Gasteiger partial charge in [0.1, 0.15) is 24.7 Å². The number of carboxylic acids is 1. The Morgan fingerprint density at radius 1 is 0.921 bits per heavy atom. The third-order valence-corrected chi connectivity index (χ3v) is 4.90. The summed E-state index contributed by atoms with van der Waals surface area (Å²) in [5.74, 6) is -4.85. The van der Waals surface area contributed by atoms with Crippen LogP contribution in [0.4, 0.5) is 4.79 Å². The van der Waals surface area contributed by atoms with Crippen LogP contribution in [0.15, 0.2) is 12.5 Å². The Labute approximate surface area is 215 Å². The number of aliphatic hydroxyl groups excluding tert-OH is 1. The number of rotatable bonds is 5. The van der Waals surface area contributed by atoms with Crippen LogP contribution in [0.1, 0.15) is 12.1 Å². The van der Waals surface area contributed by atoms with Crippen LogP contribution in [0.5, 0.6) is 0 Å². The van der Waals surface area contributed by atoms with Crippen molar-refractivity contribution in [3.8, 4) is 0 Å². The fourth-order valence-electron chi connectivity index (χ4n) is 3.05. The number of hydrogen-bond acceptors (Lipinski definition) is 10. The normalized spacial score (nSPS) is 23.4. The number of nitrogens with one attached hydrogen (secondary N) is 7. The van der Waals surface area contributed by atoms with E-state index in [1.54, 1.807) is 0 Å². The van der Waals surface area contributed by atoms with Gasteiger partial charge in [0.15, 0.2) is 0 Å². The number of ether oxygens (including phenoxy) is 2. The second kappa shape index (κ2) is 15.7. The van der Waals surface area contributed by atoms with Crippen LogP contribution in [-0.2, 0) is 39.9 Å². The Kier molecular flexibility index (Phi) is 12.4. The molecule has 38 heavy (non-hydrogen) atoms. The number of aromatic amines is 1. The Hall–Kier alpha value is -4.29. The minimum absolute atomic E-state index is 0.0201. The molecule has 18 nitrogen and oxygen atoms in total. The molecular weight excluding hydrogens is 512 g/mol. The van der Waals surface area contributed by atoms with Gasteiger partial charge >= 0.3 is 12.0 Å². The number of hydrogen-bond donors (Lipinski definition) is 9. The molecule has 3 atom stereocenters. The van der Waals surface area contributed by atoms with Crippen LogP contribution >= 0.6 is 0 Å². The highest BCUT2D eigenvalue weighted by molar-refractivity contribution is 5.94. The van der Waals surface area contributed by atoms with E-state index in [1.807, 2.05) is 5.43 Å². The Morgan fingerprint density at radius 2 is 1.61 bits per heavy atom. The number of aliphatic carboxylic acids is 1. The average Bonchev–Trinajstić information content (AvgIpc) is 3.38. The zero-order valence-corrected chi connectivity index (χ0v) is 20.2. The number of nitrogens with zero attached hydrogens (tertiary/aromatic N) is 1. The predicted molar refractivity (Wildman–Crippen MR) is 124 cm³/mol. The summed E-state index contributed by atoms with van der Waals surface area (Å²) in [4.78, 5) is 79.9. The van der Waals surface area contributed by atoms with Gasteiger partial charge in [-0.15, -0.1) is 0 Å². The highest BCUT2D eigenvalue weighted by atomic mass is 16.5. The van der Waals surface area contributed by atoms with E-state index in [1.165, 1.54) is 12.5 Å². The summed E-state index contributed by atoms with van der Waals surface area (Å²) < 4.78 is 10.5. The van der Waals surface area contributed by atoms with E-state index in [4.69, 9.17) is 14.6 Å². The zero-order chi connectivity index (χ0) is 27.9. The van der Waals surface area contributed by atoms with E-state index in [0.717, 1.165) is 0 Å². The second-order valence-corrected chi connectivity index (χ2v) is 7.84. The van der Waals surface area contributed by atoms with E-state index in [0.29, 0.717) is 5.69 Å². The number of carboxylic acid groups (broad SMARTS) is 1. The molecule has 1 aromatic heterocycles. The summed E-state index contributed by atoms with van der Waals surface area (Å²) in [6, 6.07) is -5.43. The first kappa shape index (κ1) is 29.9. The van der Waals surface area contributed by atoms with Crippen molar-refractivity contribution in [2.45, 2.75) is 31.0 Å². The minimum Gasteiger partial charge on any atom is -0.481 e. The van der Waals surface area contributed by atoms with Crippen molar-refractivity contribution in [1.29, 1.82) is 0 Å². The van der Waals surface area contributed by atoms with Crippen molar-refractivity contribution in [3.05, 3.63) is 18.2 Å². The van der Waals surface area contributed by atoms with Gasteiger partial charge in [-0.1, -0.05) is 0 Å². The maximum absolute atomic E-state index is 12.7. The number of aromatic nitrogens is 2. The third kappa shape index (κ3) is 10.8. The molecule has 0 aliphatic carbocycles. The largest absolute Gasteiger partial charge is 0.481 e. The monoisotopic (exact) mass is 542 g/mol. The molecule has 2 heterocycles. The fourth-order valence-corrected chi connectivity index (χ4v) is 3.05. The third-order valence-electron chi connectivity index (χ3n) is 4.90. The van der Waals surface area contributed by atoms with Crippen molar-refractivity contribution >= 4 is 35.6 Å². The van der Waals surface area contributed by atoms with Crippen LogP contribution in [0.3, 0.4) is 0 Å². The van der Waals surface area contributed by atoms with Gasteiger partial charge in [0, 0.05) is 24.9 Å². The summed E-state index contributed by atoms with van der Waals surface area (Å²) in [5, 5.41) is 27.6. The molecule has 18 heteroatoms. The first-order chi connectivity index (χ1) is 18.2. The standard InChI is InChI=1S/C20H30N8O10/c29-8-14-17(33)22-1-2-37-3-4-38-9-15(30)24-12(5-11-7-21-10-23-11)18(34)27-28-19(35)13(6-16(31)32)25-20(36)26-14/h7,10,12-14,29H,1-6,8-9H2,(H,21,23)(H,22,33)(H,24,30)(H,27,34)(H,28,35)(H,31,32)(H2,25,26,36)/t12-,13-,14-/m0/s1. The highest BCUT2D eigenvalue weighted by Gasteiger charge is 2.28. The van der Waals surface area contributed by atoms with E-state index in [9.17, 15) is 33.9 Å². The topological polar surface area (TPSA) is 262 Å². The van der Waals surface area contributed by atoms with Gasteiger partial charge in [-0.3, -0.25) is 34.8 Å². The molecule has 1 saturated heterocycles. The molecular formula is C20H30N8O10. The van der Waals surface area contributed by atoms with Crippen LogP contribution in [0.25, 0.3) is 0 Å². The van der Waals surface area contributed by atoms with Gasteiger partial charge in [-0.25, -0.2) is 9.78 Å². The Bertz CT molecular complexity index is 973. The molecule has 0 spiro atoms. The number of H-pyrrole nitrogens is 1. The molecule has 1 aliphatic heterocycles. The van der Waals surface area contributed by atoms with E-state index in [2.05, 4.69) is 36.7 Å². The molecule has 1 aliphatic rings. The molecule has 1 aromatic rings. The van der Waals surface area contributed by atoms with Gasteiger partial charge in [-0.2, -0.15) is 0 Å². The molecule has 0 radical (unpaired) electrons. The maximum atomic E-state index is 12.7. The number of urea groups is 1. The number of amides is 6. The van der Waals surface area contributed by atoms with Crippen molar-refractivity contribution < 1.29 is 48.5 Å². The summed E-state index contributed by atoms with van der Waals surface area (Å²) in [6.45, 7) is -1.01. The first-order valence-electron chi connectivity index (χ1n) is 11.4. The number of imidazole rings is 1. The van der Waals surface area contributed by atoms with Crippen LogP contribution in [0.2, 0.25) is 0 Å². The summed E-state index contributed by atoms with van der Waals surface area (Å²) >= 11 is 0. The lowest BCUT2D eigenvalue weighted by molar-refractivity contribution is -0.140. The molecule has 6 amide bonds. The predicted octanol–water partition coefficient (Wildman–Crippen LogP) is -4.75. The first-order valence-corrected chi connectivity index (χ1v) is 11.4. The van der Waals surface area contributed by atoms with E-state index >= 15 is 0 Å². The molecule has 0 aromatic carbocycles. The van der Waals surface area contributed by atoms with Gasteiger partial charge < -0.3 is 45.9 Å². The maximum Gasteiger partial charge on any atom is 0.316 e. The SMILES string of the molecule is O=C(O)C[C@@H]1NC(=O)N[C@@H](CO)C(=O)NCCOCCOCC(=O)N[C@@H](Cc2cnc[nH]2)C(=O)NNC1=O. The summed E-state index contributed by atoms with van der Waals surface area (Å²) in [5.41, 5.74) is 4.56. The van der Waals surface area contributed by atoms with Gasteiger partial charge in [0.2, 0.25) is 11.8 Å². The van der Waals surface area contributed by atoms with Crippen molar-refractivity contribution in [1.82, 2.24) is 42.1 Å². The number of hydrazine groups is 1. The molecule has 9 N–H and O–H groups in total. The van der Waals surface area contributed by atoms with Gasteiger partial charge in [0.05, 0.1) is 39.2 Å². The molecule has 0 bridgehead atoms. The average molecular weight is 543 g/mol. The molecule has 210 valence electrons. The lowest BCUT2D eigenvalue weighted by Gasteiger charge is -2.22. The van der Waals surface area contributed by atoms with Crippen molar-refractivity contribution in [2.75, 3.05) is 39.6 Å². The Balaban J connectivity index is 2.16. The number of carbonyl (C=O) groups excluding carboxylic acids is 5. The molecule has 2 rings (SSSR count). The highest BCUT2D eigenvalue weighted by Crippen LogP contribution is 2.00. The second-order valence-electron chi connectivity index (χ2n) is 7.84. The lowest BCUT2D eigenvalue weighted by atomic mass is 10.1. The smallest absolute Gasteiger partial charge is 0.316 e. The van der Waals surface area contributed by atoms with Gasteiger partial charge in [0.25, 0.3) is 11.8 Å². The number of carbonyl (C=O) groups is 6. The van der Waals surface area contributed by atoms with Crippen LogP contribution in [0, 0.1) is 0 Å². The van der Waals surface area contributed by atoms with Crippen LogP contribution in [-0.4, -0.2) is 114 Å². The molecule has 0 saturated carbocycles. The number of aliphatic hydroxyl groups is 1. The van der Waals surface area contributed by atoms with Crippen molar-refractivity contribution in [2.24, 2.45) is 0 Å². The van der Waals surface area contributed by atoms with E-state index in [-0.39, 0.29) is 32.8 Å². The minimum atomic E-state index is -1.69. The van der Waals surface area contributed by atoms with Gasteiger partial charge in [-0.05, 0) is 0 Å². The van der Waals surface area contributed by atoms with E-state index < -0.39 is 73.4 Å². The molecule has 0 unspecified atom stereocenters. The van der Waals surface area contributed by atoms with Crippen molar-refractivity contribution in [3.63, 3.8) is 0 Å². The zero-order valence-electron chi connectivity index (χ0n) is 20.2. The summed E-state index contributed by atoms with van der Waals surface area (Å²) in [6.07, 6.45) is 1.87. The summed E-state index contributed by atoms with van der Waals surface area (Å²) in [7, 11) is 0. The molecule has 1 fully saturated rings. The fraction of sp³-hybridized carbons (Fsp3) is 0.550. The Morgan fingerprint density at radius 3 is 2.26 bits per heavy atom. The van der Waals surface area contributed by atoms with Crippen LogP contribution < -0.4 is 32.1 Å². The lowest BCUT2D eigenvalue weighted by Crippen LogP contribution is -2.59.